The monoisotopic (exact) mass is 251 g/mol. The molecule has 0 aromatic heterocycles. The number of carbonyl (C=O) groups is 1. The van der Waals surface area contributed by atoms with Gasteiger partial charge in [-0.05, 0) is 42.2 Å². The molecule has 2 aromatic carbocycles. The van der Waals surface area contributed by atoms with Gasteiger partial charge in [-0.2, -0.15) is 0 Å². The fourth-order valence-electron chi connectivity index (χ4n) is 2.64. The van der Waals surface area contributed by atoms with E-state index in [4.69, 9.17) is 0 Å². The van der Waals surface area contributed by atoms with Crippen LogP contribution in [-0.4, -0.2) is 19.4 Å². The fourth-order valence-corrected chi connectivity index (χ4v) is 2.64. The van der Waals surface area contributed by atoms with Crippen molar-refractivity contribution in [2.45, 2.75) is 13.3 Å². The van der Waals surface area contributed by atoms with Crippen molar-refractivity contribution in [1.29, 1.82) is 0 Å². The van der Waals surface area contributed by atoms with Gasteiger partial charge in [-0.25, -0.2) is 0 Å². The third-order valence-electron chi connectivity index (χ3n) is 3.83. The quantitative estimate of drug-likeness (QED) is 0.761. The normalized spacial score (nSPS) is 13.5. The predicted octanol–water partition coefficient (Wildman–Crippen LogP) is 3.55. The number of Topliss-reactive ketones (excluding diaryl/α,β-unsaturated/α-hetero) is 1. The average Bonchev–Trinajstić information content (AvgIpc) is 2.80. The van der Waals surface area contributed by atoms with Gasteiger partial charge in [0.1, 0.15) is 0 Å². The molecule has 3 rings (SSSR count). The van der Waals surface area contributed by atoms with Crippen LogP contribution in [0.5, 0.6) is 0 Å². The van der Waals surface area contributed by atoms with Gasteiger partial charge in [-0.1, -0.05) is 30.3 Å². The predicted molar refractivity (Wildman–Crippen MR) is 78.9 cm³/mol. The maximum absolute atomic E-state index is 11.3. The first-order valence-electron chi connectivity index (χ1n) is 6.60. The molecule has 1 heterocycles. The minimum Gasteiger partial charge on any atom is -0.374 e. The van der Waals surface area contributed by atoms with E-state index in [1.54, 1.807) is 6.92 Å². The Morgan fingerprint density at radius 1 is 1.05 bits per heavy atom. The molecule has 0 fully saturated rings. The molecule has 0 atom stereocenters. The number of fused-ring (bicyclic) bond motifs is 1. The highest BCUT2D eigenvalue weighted by atomic mass is 16.1. The zero-order valence-electron chi connectivity index (χ0n) is 11.3. The van der Waals surface area contributed by atoms with Gasteiger partial charge in [0.25, 0.3) is 0 Å². The Morgan fingerprint density at radius 3 is 2.42 bits per heavy atom. The van der Waals surface area contributed by atoms with E-state index in [2.05, 4.69) is 30.1 Å². The molecule has 0 saturated carbocycles. The molecule has 2 nitrogen and oxygen atoms in total. The van der Waals surface area contributed by atoms with Crippen LogP contribution >= 0.6 is 0 Å². The summed E-state index contributed by atoms with van der Waals surface area (Å²) in [6.07, 6.45) is 1.12. The maximum Gasteiger partial charge on any atom is 0.159 e. The molecule has 0 N–H and O–H groups in total. The zero-order chi connectivity index (χ0) is 13.4. The molecular formula is C17H17NO. The number of likely N-dealkylation sites (N-methyl/N-ethyl adjacent to an activating group) is 1. The molecular weight excluding hydrogens is 234 g/mol. The highest BCUT2D eigenvalue weighted by Gasteiger charge is 2.15. The van der Waals surface area contributed by atoms with Gasteiger partial charge >= 0.3 is 0 Å². The van der Waals surface area contributed by atoms with Crippen molar-refractivity contribution in [2.75, 3.05) is 18.5 Å². The smallest absolute Gasteiger partial charge is 0.159 e. The fraction of sp³-hybridized carbons (Fsp3) is 0.235. The number of anilines is 1. The summed E-state index contributed by atoms with van der Waals surface area (Å²) in [6, 6.07) is 14.5. The number of rotatable bonds is 2. The number of ketones is 1. The third-order valence-corrected chi connectivity index (χ3v) is 3.83. The second-order valence-corrected chi connectivity index (χ2v) is 5.15. The SMILES string of the molecule is CC(=O)c1ccc(-c2ccc3c(c2)CCN3C)cc1. The van der Waals surface area contributed by atoms with Crippen molar-refractivity contribution in [3.63, 3.8) is 0 Å². The van der Waals surface area contributed by atoms with Gasteiger partial charge in [0.2, 0.25) is 0 Å². The van der Waals surface area contributed by atoms with E-state index in [1.165, 1.54) is 22.4 Å². The molecule has 96 valence electrons. The number of hydrogen-bond acceptors (Lipinski definition) is 2. The summed E-state index contributed by atoms with van der Waals surface area (Å²) in [7, 11) is 2.13. The van der Waals surface area contributed by atoms with Gasteiger partial charge in [0, 0.05) is 24.8 Å². The number of hydrogen-bond donors (Lipinski definition) is 0. The van der Waals surface area contributed by atoms with Crippen molar-refractivity contribution in [2.24, 2.45) is 0 Å². The summed E-state index contributed by atoms with van der Waals surface area (Å²) >= 11 is 0. The van der Waals surface area contributed by atoms with Gasteiger partial charge < -0.3 is 4.90 Å². The van der Waals surface area contributed by atoms with E-state index in [0.29, 0.717) is 0 Å². The lowest BCUT2D eigenvalue weighted by molar-refractivity contribution is 0.101. The van der Waals surface area contributed by atoms with Crippen LogP contribution in [0.4, 0.5) is 5.69 Å². The van der Waals surface area contributed by atoms with Crippen LogP contribution in [0.25, 0.3) is 11.1 Å². The molecule has 0 saturated heterocycles. The topological polar surface area (TPSA) is 20.3 Å². The van der Waals surface area contributed by atoms with Crippen molar-refractivity contribution < 1.29 is 4.79 Å². The minimum absolute atomic E-state index is 0.113. The van der Waals surface area contributed by atoms with Crippen molar-refractivity contribution >= 4 is 11.5 Å². The Labute approximate surface area is 113 Å². The van der Waals surface area contributed by atoms with Crippen molar-refractivity contribution in [3.8, 4) is 11.1 Å². The molecule has 2 heteroatoms. The van der Waals surface area contributed by atoms with E-state index in [0.717, 1.165) is 18.5 Å². The van der Waals surface area contributed by atoms with Crippen LogP contribution in [0.15, 0.2) is 42.5 Å². The van der Waals surface area contributed by atoms with Crippen LogP contribution in [-0.2, 0) is 6.42 Å². The number of carbonyl (C=O) groups excluding carboxylic acids is 1. The van der Waals surface area contributed by atoms with Crippen LogP contribution in [0.1, 0.15) is 22.8 Å². The average molecular weight is 251 g/mol. The summed E-state index contributed by atoms with van der Waals surface area (Å²) in [6.45, 7) is 2.70. The molecule has 0 spiro atoms. The lowest BCUT2D eigenvalue weighted by Gasteiger charge is -2.12. The lowest BCUT2D eigenvalue weighted by atomic mass is 10.00. The summed E-state index contributed by atoms with van der Waals surface area (Å²) in [4.78, 5) is 13.6. The van der Waals surface area contributed by atoms with Gasteiger partial charge in [0.15, 0.2) is 5.78 Å². The molecule has 0 unspecified atom stereocenters. The summed E-state index contributed by atoms with van der Waals surface area (Å²) in [5.41, 5.74) is 5.91. The van der Waals surface area contributed by atoms with Crippen molar-refractivity contribution in [3.05, 3.63) is 53.6 Å². The molecule has 19 heavy (non-hydrogen) atoms. The molecule has 0 bridgehead atoms. The maximum atomic E-state index is 11.3. The van der Waals surface area contributed by atoms with Gasteiger partial charge in [0.05, 0.1) is 0 Å². The van der Waals surface area contributed by atoms with Gasteiger partial charge in [-0.15, -0.1) is 0 Å². The van der Waals surface area contributed by atoms with E-state index in [-0.39, 0.29) is 5.78 Å². The Morgan fingerprint density at radius 2 is 1.74 bits per heavy atom. The largest absolute Gasteiger partial charge is 0.374 e. The zero-order valence-corrected chi connectivity index (χ0v) is 11.3. The lowest BCUT2D eigenvalue weighted by Crippen LogP contribution is -2.12. The Balaban J connectivity index is 1.96. The van der Waals surface area contributed by atoms with Crippen LogP contribution in [0, 0.1) is 0 Å². The molecule has 2 aromatic rings. The highest BCUT2D eigenvalue weighted by Crippen LogP contribution is 2.31. The number of nitrogens with zero attached hydrogens (tertiary/aromatic N) is 1. The van der Waals surface area contributed by atoms with E-state index < -0.39 is 0 Å². The minimum atomic E-state index is 0.113. The Bertz CT molecular complexity index is 628. The Kier molecular flexibility index (Phi) is 2.86. The molecule has 1 aliphatic heterocycles. The highest BCUT2D eigenvalue weighted by molar-refractivity contribution is 5.94. The van der Waals surface area contributed by atoms with Crippen LogP contribution in [0.2, 0.25) is 0 Å². The van der Waals surface area contributed by atoms with Crippen molar-refractivity contribution in [1.82, 2.24) is 0 Å². The first-order chi connectivity index (χ1) is 9.15. The molecule has 0 aliphatic carbocycles. The standard InChI is InChI=1S/C17H17NO/c1-12(19)13-3-5-14(6-4-13)15-7-8-17-16(11-15)9-10-18(17)2/h3-8,11H,9-10H2,1-2H3. The van der Waals surface area contributed by atoms with Crippen LogP contribution < -0.4 is 4.90 Å². The second-order valence-electron chi connectivity index (χ2n) is 5.15. The third kappa shape index (κ3) is 2.14. The second kappa shape index (κ2) is 4.54. The first-order valence-corrected chi connectivity index (χ1v) is 6.60. The first kappa shape index (κ1) is 12.0. The molecule has 1 aliphatic rings. The van der Waals surface area contributed by atoms with E-state index >= 15 is 0 Å². The summed E-state index contributed by atoms with van der Waals surface area (Å²) < 4.78 is 0. The van der Waals surface area contributed by atoms with Gasteiger partial charge in [-0.3, -0.25) is 4.79 Å². The number of benzene rings is 2. The summed E-state index contributed by atoms with van der Waals surface area (Å²) in [5, 5.41) is 0. The van der Waals surface area contributed by atoms with E-state index in [1.807, 2.05) is 24.3 Å². The molecule has 0 amide bonds. The Hall–Kier alpha value is -2.09. The van der Waals surface area contributed by atoms with Crippen LogP contribution in [0.3, 0.4) is 0 Å². The summed E-state index contributed by atoms with van der Waals surface area (Å²) in [5.74, 6) is 0.113. The molecule has 0 radical (unpaired) electrons. The van der Waals surface area contributed by atoms with E-state index in [9.17, 15) is 4.79 Å².